The Labute approximate surface area is 253 Å². The predicted molar refractivity (Wildman–Crippen MR) is 160 cm³/mol. The molecule has 0 saturated carbocycles. The molecule has 2 aromatic carbocycles. The standard InChI is InChI=1S/C29H39N7O8/c30-20(12-13-24(38)39)25(40)35-22(15-17-5-2-1-3-6-17)27(42)34-21(7-4-14-33-29(31)32)26(41)36-23(28(43)44)16-18-8-10-19(37)11-9-18/h1-3,5-6,8-11,20-23,37H,4,7,12-16,30H2,(H,34,42)(H,35,40)(H,36,41)(H,38,39)(H,43,44)(H4,31,32,33). The summed E-state index contributed by atoms with van der Waals surface area (Å²) in [5, 5.41) is 35.8. The Hall–Kier alpha value is -5.18. The van der Waals surface area contributed by atoms with Gasteiger partial charge in [-0.25, -0.2) is 4.79 Å². The zero-order valence-corrected chi connectivity index (χ0v) is 24.0. The van der Waals surface area contributed by atoms with Crippen LogP contribution in [0.2, 0.25) is 0 Å². The van der Waals surface area contributed by atoms with Crippen molar-refractivity contribution in [1.82, 2.24) is 16.0 Å². The van der Waals surface area contributed by atoms with Gasteiger partial charge >= 0.3 is 11.9 Å². The summed E-state index contributed by atoms with van der Waals surface area (Å²) in [5.74, 6) is -4.92. The number of aliphatic imine (C=N–C) groups is 1. The SMILES string of the molecule is NC(N)=NCCCC(NC(=O)C(Cc1ccccc1)NC(=O)C(N)CCC(=O)O)C(=O)NC(Cc1ccc(O)cc1)C(=O)O. The molecule has 12 N–H and O–H groups in total. The van der Waals surface area contributed by atoms with E-state index < -0.39 is 53.8 Å². The minimum Gasteiger partial charge on any atom is -0.508 e. The van der Waals surface area contributed by atoms with Crippen LogP contribution in [0, 0.1) is 0 Å². The molecule has 0 aliphatic heterocycles. The Balaban J connectivity index is 2.26. The molecule has 0 aliphatic rings. The number of carboxylic acids is 2. The number of phenols is 1. The highest BCUT2D eigenvalue weighted by Gasteiger charge is 2.30. The molecule has 0 radical (unpaired) electrons. The molecule has 238 valence electrons. The molecule has 0 aliphatic carbocycles. The highest BCUT2D eigenvalue weighted by atomic mass is 16.4. The number of carbonyl (C=O) groups is 5. The van der Waals surface area contributed by atoms with Crippen molar-refractivity contribution in [3.8, 4) is 5.75 Å². The fourth-order valence-electron chi connectivity index (χ4n) is 4.13. The maximum Gasteiger partial charge on any atom is 0.326 e. The average molecular weight is 614 g/mol. The molecule has 0 heterocycles. The molecular weight excluding hydrogens is 574 g/mol. The fourth-order valence-corrected chi connectivity index (χ4v) is 4.13. The van der Waals surface area contributed by atoms with Crippen LogP contribution in [0.5, 0.6) is 5.75 Å². The Bertz CT molecular complexity index is 1300. The number of rotatable bonds is 18. The lowest BCUT2D eigenvalue weighted by molar-refractivity contribution is -0.142. The number of aliphatic carboxylic acids is 2. The molecule has 3 amide bonds. The molecule has 2 aromatic rings. The van der Waals surface area contributed by atoms with Crippen molar-refractivity contribution in [2.24, 2.45) is 22.2 Å². The first kappa shape index (κ1) is 35.0. The predicted octanol–water partition coefficient (Wildman–Crippen LogP) is -1.04. The van der Waals surface area contributed by atoms with Gasteiger partial charge in [0.2, 0.25) is 17.7 Å². The fraction of sp³-hybridized carbons (Fsp3) is 0.379. The van der Waals surface area contributed by atoms with Gasteiger partial charge in [-0.3, -0.25) is 24.2 Å². The second-order valence-electron chi connectivity index (χ2n) is 10.1. The number of carboxylic acid groups (broad SMARTS) is 2. The number of carbonyl (C=O) groups excluding carboxylic acids is 3. The van der Waals surface area contributed by atoms with Crippen molar-refractivity contribution < 1.29 is 39.3 Å². The Morgan fingerprint density at radius 1 is 0.727 bits per heavy atom. The summed E-state index contributed by atoms with van der Waals surface area (Å²) in [6.07, 6.45) is -0.334. The molecule has 0 fully saturated rings. The van der Waals surface area contributed by atoms with E-state index in [9.17, 15) is 34.2 Å². The topological polar surface area (TPSA) is 273 Å². The molecule has 0 bridgehead atoms. The monoisotopic (exact) mass is 613 g/mol. The van der Waals surface area contributed by atoms with Crippen molar-refractivity contribution in [3.05, 3.63) is 65.7 Å². The number of hydrogen-bond acceptors (Lipinski definition) is 8. The number of phenolic OH excluding ortho intramolecular Hbond substituents is 1. The first-order valence-electron chi connectivity index (χ1n) is 13.8. The second kappa shape index (κ2) is 17.7. The number of nitrogens with zero attached hydrogens (tertiary/aromatic N) is 1. The van der Waals surface area contributed by atoms with E-state index in [1.807, 2.05) is 0 Å². The van der Waals surface area contributed by atoms with E-state index in [1.165, 1.54) is 24.3 Å². The van der Waals surface area contributed by atoms with Crippen molar-refractivity contribution >= 4 is 35.6 Å². The molecule has 4 unspecified atom stereocenters. The van der Waals surface area contributed by atoms with Gasteiger partial charge < -0.3 is 48.5 Å². The van der Waals surface area contributed by atoms with E-state index in [2.05, 4.69) is 20.9 Å². The van der Waals surface area contributed by atoms with Crippen LogP contribution < -0.4 is 33.2 Å². The van der Waals surface area contributed by atoms with Gasteiger partial charge in [-0.05, 0) is 42.5 Å². The molecule has 2 rings (SSSR count). The number of amides is 3. The van der Waals surface area contributed by atoms with Gasteiger partial charge in [-0.15, -0.1) is 0 Å². The Morgan fingerprint density at radius 3 is 1.86 bits per heavy atom. The summed E-state index contributed by atoms with van der Waals surface area (Å²) in [6.45, 7) is 0.125. The van der Waals surface area contributed by atoms with E-state index >= 15 is 0 Å². The third-order valence-electron chi connectivity index (χ3n) is 6.49. The van der Waals surface area contributed by atoms with Crippen LogP contribution in [-0.2, 0) is 36.8 Å². The first-order chi connectivity index (χ1) is 20.8. The number of nitrogens with two attached hydrogens (primary N) is 3. The van der Waals surface area contributed by atoms with Gasteiger partial charge in [-0.2, -0.15) is 0 Å². The summed E-state index contributed by atoms with van der Waals surface area (Å²) < 4.78 is 0. The maximum absolute atomic E-state index is 13.5. The zero-order chi connectivity index (χ0) is 32.6. The smallest absolute Gasteiger partial charge is 0.326 e. The van der Waals surface area contributed by atoms with Crippen molar-refractivity contribution in [1.29, 1.82) is 0 Å². The second-order valence-corrected chi connectivity index (χ2v) is 10.1. The number of benzene rings is 2. The lowest BCUT2D eigenvalue weighted by atomic mass is 10.0. The quantitative estimate of drug-likeness (QED) is 0.0556. The lowest BCUT2D eigenvalue weighted by Gasteiger charge is -2.25. The number of nitrogens with one attached hydrogen (secondary N) is 3. The van der Waals surface area contributed by atoms with E-state index in [1.54, 1.807) is 30.3 Å². The lowest BCUT2D eigenvalue weighted by Crippen LogP contribution is -2.57. The molecule has 4 atom stereocenters. The molecule has 0 spiro atoms. The van der Waals surface area contributed by atoms with Crippen molar-refractivity contribution in [2.75, 3.05) is 6.54 Å². The summed E-state index contributed by atoms with van der Waals surface area (Å²) in [4.78, 5) is 66.4. The number of hydrogen-bond donors (Lipinski definition) is 9. The minimum absolute atomic E-state index is 0.00629. The zero-order valence-electron chi connectivity index (χ0n) is 24.0. The van der Waals surface area contributed by atoms with Crippen LogP contribution in [0.3, 0.4) is 0 Å². The van der Waals surface area contributed by atoms with E-state index in [4.69, 9.17) is 22.3 Å². The molecule has 15 heteroatoms. The van der Waals surface area contributed by atoms with Crippen molar-refractivity contribution in [2.45, 2.75) is 62.7 Å². The van der Waals surface area contributed by atoms with Gasteiger partial charge in [-0.1, -0.05) is 42.5 Å². The minimum atomic E-state index is -1.36. The highest BCUT2D eigenvalue weighted by molar-refractivity contribution is 5.94. The van der Waals surface area contributed by atoms with Gasteiger partial charge in [0.15, 0.2) is 5.96 Å². The van der Waals surface area contributed by atoms with Crippen LogP contribution in [-0.4, -0.2) is 81.7 Å². The number of guanidine groups is 1. The summed E-state index contributed by atoms with van der Waals surface area (Å²) in [5.41, 5.74) is 17.8. The molecule has 44 heavy (non-hydrogen) atoms. The average Bonchev–Trinajstić information content (AvgIpc) is 2.97. The van der Waals surface area contributed by atoms with E-state index in [0.717, 1.165) is 0 Å². The van der Waals surface area contributed by atoms with Crippen molar-refractivity contribution in [3.63, 3.8) is 0 Å². The normalized spacial score (nSPS) is 13.4. The van der Waals surface area contributed by atoms with Gasteiger partial charge in [0, 0.05) is 25.8 Å². The van der Waals surface area contributed by atoms with Crippen LogP contribution in [0.15, 0.2) is 59.6 Å². The highest BCUT2D eigenvalue weighted by Crippen LogP contribution is 2.12. The molecule has 15 nitrogen and oxygen atoms in total. The Kier molecular flexibility index (Phi) is 14.1. The van der Waals surface area contributed by atoms with Crippen LogP contribution in [0.4, 0.5) is 0 Å². The van der Waals surface area contributed by atoms with Gasteiger partial charge in [0.25, 0.3) is 0 Å². The third kappa shape index (κ3) is 12.8. The van der Waals surface area contributed by atoms with E-state index in [-0.39, 0.29) is 56.8 Å². The van der Waals surface area contributed by atoms with Crippen LogP contribution in [0.1, 0.15) is 36.8 Å². The van der Waals surface area contributed by atoms with Gasteiger partial charge in [0.1, 0.15) is 23.9 Å². The van der Waals surface area contributed by atoms with Crippen LogP contribution in [0.25, 0.3) is 0 Å². The largest absolute Gasteiger partial charge is 0.508 e. The maximum atomic E-state index is 13.5. The van der Waals surface area contributed by atoms with E-state index in [0.29, 0.717) is 11.1 Å². The summed E-state index contributed by atoms with van der Waals surface area (Å²) in [6, 6.07) is 9.51. The Morgan fingerprint density at radius 2 is 1.27 bits per heavy atom. The van der Waals surface area contributed by atoms with Crippen LogP contribution >= 0.6 is 0 Å². The molecule has 0 aromatic heterocycles. The summed E-state index contributed by atoms with van der Waals surface area (Å²) in [7, 11) is 0. The number of aromatic hydroxyl groups is 1. The molecule has 0 saturated heterocycles. The summed E-state index contributed by atoms with van der Waals surface area (Å²) >= 11 is 0. The van der Waals surface area contributed by atoms with Gasteiger partial charge in [0.05, 0.1) is 6.04 Å². The first-order valence-corrected chi connectivity index (χ1v) is 13.8. The molecular formula is C29H39N7O8. The third-order valence-corrected chi connectivity index (χ3v) is 6.49.